The fraction of sp³-hybridized carbons (Fsp3) is 0.692. The Morgan fingerprint density at radius 3 is 2.62 bits per heavy atom. The first-order valence-electron chi connectivity index (χ1n) is 6.06. The van der Waals surface area contributed by atoms with Gasteiger partial charge in [0.15, 0.2) is 0 Å². The zero-order valence-electron chi connectivity index (χ0n) is 10.4. The van der Waals surface area contributed by atoms with Crippen LogP contribution in [-0.4, -0.2) is 13.1 Å². The van der Waals surface area contributed by atoms with Crippen molar-refractivity contribution in [3.05, 3.63) is 21.3 Å². The molecule has 0 amide bonds. The second-order valence-electron chi connectivity index (χ2n) is 4.71. The molecule has 1 aromatic heterocycles. The molecule has 16 heavy (non-hydrogen) atoms. The molecule has 1 rings (SSSR count). The molecule has 0 aromatic carbocycles. The van der Waals surface area contributed by atoms with E-state index in [0.29, 0.717) is 0 Å². The SMILES string of the molecule is CCNCC(Cc1ccc(Cl)s1)CC(C)C. The molecule has 1 unspecified atom stereocenters. The number of halogens is 1. The summed E-state index contributed by atoms with van der Waals surface area (Å²) in [5.41, 5.74) is 0. The Morgan fingerprint density at radius 2 is 2.12 bits per heavy atom. The summed E-state index contributed by atoms with van der Waals surface area (Å²) in [4.78, 5) is 1.41. The van der Waals surface area contributed by atoms with Gasteiger partial charge >= 0.3 is 0 Å². The third-order valence-corrected chi connectivity index (χ3v) is 3.86. The van der Waals surface area contributed by atoms with Crippen LogP contribution in [0, 0.1) is 11.8 Å². The van der Waals surface area contributed by atoms with Crippen LogP contribution < -0.4 is 5.32 Å². The average molecular weight is 260 g/mol. The number of hydrogen-bond acceptors (Lipinski definition) is 2. The van der Waals surface area contributed by atoms with Gasteiger partial charge in [-0.3, -0.25) is 0 Å². The van der Waals surface area contributed by atoms with Crippen LogP contribution in [-0.2, 0) is 6.42 Å². The molecule has 1 atom stereocenters. The highest BCUT2D eigenvalue weighted by Crippen LogP contribution is 2.25. The van der Waals surface area contributed by atoms with E-state index in [-0.39, 0.29) is 0 Å². The van der Waals surface area contributed by atoms with Crippen molar-refractivity contribution in [2.75, 3.05) is 13.1 Å². The Hall–Kier alpha value is -0.0500. The molecule has 1 heterocycles. The second-order valence-corrected chi connectivity index (χ2v) is 6.51. The highest BCUT2D eigenvalue weighted by Gasteiger charge is 2.12. The summed E-state index contributed by atoms with van der Waals surface area (Å²) in [5, 5.41) is 3.45. The third-order valence-electron chi connectivity index (χ3n) is 2.61. The Bertz CT molecular complexity index is 296. The van der Waals surface area contributed by atoms with Crippen LogP contribution in [0.3, 0.4) is 0 Å². The van der Waals surface area contributed by atoms with Crippen molar-refractivity contribution in [3.8, 4) is 0 Å². The predicted molar refractivity (Wildman–Crippen MR) is 74.5 cm³/mol. The first-order chi connectivity index (χ1) is 7.61. The standard InChI is InChI=1S/C13H22ClNS/c1-4-15-9-11(7-10(2)3)8-12-5-6-13(14)16-12/h5-6,10-11,15H,4,7-9H2,1-3H3. The Balaban J connectivity index is 2.48. The lowest BCUT2D eigenvalue weighted by Gasteiger charge is -2.18. The van der Waals surface area contributed by atoms with Crippen LogP contribution in [0.25, 0.3) is 0 Å². The molecule has 3 heteroatoms. The summed E-state index contributed by atoms with van der Waals surface area (Å²) in [6.07, 6.45) is 2.44. The van der Waals surface area contributed by atoms with Gasteiger partial charge in [-0.25, -0.2) is 0 Å². The molecule has 1 N–H and O–H groups in total. The van der Waals surface area contributed by atoms with Gasteiger partial charge in [0.25, 0.3) is 0 Å². The largest absolute Gasteiger partial charge is 0.317 e. The number of nitrogens with one attached hydrogen (secondary N) is 1. The van der Waals surface area contributed by atoms with Gasteiger partial charge < -0.3 is 5.32 Å². The molecule has 92 valence electrons. The molecule has 0 radical (unpaired) electrons. The number of thiophene rings is 1. The molecular weight excluding hydrogens is 238 g/mol. The molecule has 0 aliphatic heterocycles. The highest BCUT2D eigenvalue weighted by molar-refractivity contribution is 7.16. The van der Waals surface area contributed by atoms with Crippen molar-refractivity contribution in [1.82, 2.24) is 5.32 Å². The van der Waals surface area contributed by atoms with E-state index >= 15 is 0 Å². The van der Waals surface area contributed by atoms with E-state index in [4.69, 9.17) is 11.6 Å². The van der Waals surface area contributed by atoms with Gasteiger partial charge in [0.2, 0.25) is 0 Å². The smallest absolute Gasteiger partial charge is 0.0931 e. The summed E-state index contributed by atoms with van der Waals surface area (Å²) in [7, 11) is 0. The highest BCUT2D eigenvalue weighted by atomic mass is 35.5. The molecule has 0 aliphatic rings. The first-order valence-corrected chi connectivity index (χ1v) is 7.26. The van der Waals surface area contributed by atoms with Crippen LogP contribution in [0.15, 0.2) is 12.1 Å². The van der Waals surface area contributed by atoms with Crippen molar-refractivity contribution < 1.29 is 0 Å². The van der Waals surface area contributed by atoms with Gasteiger partial charge in [0.05, 0.1) is 4.34 Å². The lowest BCUT2D eigenvalue weighted by Crippen LogP contribution is -2.25. The van der Waals surface area contributed by atoms with Crippen LogP contribution >= 0.6 is 22.9 Å². The summed E-state index contributed by atoms with van der Waals surface area (Å²) < 4.78 is 0.904. The Kier molecular flexibility index (Phi) is 6.40. The van der Waals surface area contributed by atoms with E-state index < -0.39 is 0 Å². The summed E-state index contributed by atoms with van der Waals surface area (Å²) in [6, 6.07) is 4.16. The van der Waals surface area contributed by atoms with Gasteiger partial charge in [-0.2, -0.15) is 0 Å². The van der Waals surface area contributed by atoms with Crippen molar-refractivity contribution in [2.45, 2.75) is 33.6 Å². The molecular formula is C13H22ClNS. The number of hydrogen-bond donors (Lipinski definition) is 1. The maximum Gasteiger partial charge on any atom is 0.0931 e. The lowest BCUT2D eigenvalue weighted by molar-refractivity contribution is 0.390. The normalized spacial score (nSPS) is 13.3. The van der Waals surface area contributed by atoms with Gasteiger partial charge in [0, 0.05) is 4.88 Å². The predicted octanol–water partition coefficient (Wildman–Crippen LogP) is 4.22. The maximum atomic E-state index is 5.96. The van der Waals surface area contributed by atoms with Crippen molar-refractivity contribution in [3.63, 3.8) is 0 Å². The molecule has 0 bridgehead atoms. The fourth-order valence-corrected chi connectivity index (χ4v) is 3.20. The van der Waals surface area contributed by atoms with Gasteiger partial charge in [-0.1, -0.05) is 32.4 Å². The third kappa shape index (κ3) is 5.33. The summed E-state index contributed by atoms with van der Waals surface area (Å²) >= 11 is 7.67. The van der Waals surface area contributed by atoms with E-state index in [1.165, 1.54) is 11.3 Å². The quantitative estimate of drug-likeness (QED) is 0.773. The van der Waals surface area contributed by atoms with Crippen LogP contribution in [0.1, 0.15) is 32.1 Å². The minimum absolute atomic E-state index is 0.731. The monoisotopic (exact) mass is 259 g/mol. The first kappa shape index (κ1) is 14.0. The van der Waals surface area contributed by atoms with Gasteiger partial charge in [0.1, 0.15) is 0 Å². The fourth-order valence-electron chi connectivity index (χ4n) is 2.00. The summed E-state index contributed by atoms with van der Waals surface area (Å²) in [5.74, 6) is 1.49. The molecule has 0 saturated carbocycles. The van der Waals surface area contributed by atoms with Crippen LogP contribution in [0.5, 0.6) is 0 Å². The van der Waals surface area contributed by atoms with E-state index in [2.05, 4.69) is 32.2 Å². The average Bonchev–Trinajstić information content (AvgIpc) is 2.59. The van der Waals surface area contributed by atoms with Gasteiger partial charge in [-0.15, -0.1) is 11.3 Å². The lowest BCUT2D eigenvalue weighted by atomic mass is 9.93. The topological polar surface area (TPSA) is 12.0 Å². The molecule has 0 spiro atoms. The second kappa shape index (κ2) is 7.31. The Morgan fingerprint density at radius 1 is 1.38 bits per heavy atom. The Labute approximate surface area is 108 Å². The molecule has 1 nitrogen and oxygen atoms in total. The molecule has 0 saturated heterocycles. The van der Waals surface area contributed by atoms with Gasteiger partial charge in [-0.05, 0) is 49.9 Å². The zero-order valence-corrected chi connectivity index (χ0v) is 12.0. The molecule has 0 fully saturated rings. The maximum absolute atomic E-state index is 5.96. The number of rotatable bonds is 7. The van der Waals surface area contributed by atoms with Crippen molar-refractivity contribution in [1.29, 1.82) is 0 Å². The van der Waals surface area contributed by atoms with E-state index in [1.54, 1.807) is 11.3 Å². The molecule has 0 aliphatic carbocycles. The summed E-state index contributed by atoms with van der Waals surface area (Å²) in [6.45, 7) is 8.92. The van der Waals surface area contributed by atoms with Crippen molar-refractivity contribution >= 4 is 22.9 Å². The molecule has 1 aromatic rings. The zero-order chi connectivity index (χ0) is 12.0. The van der Waals surface area contributed by atoms with Crippen LogP contribution in [0.4, 0.5) is 0 Å². The van der Waals surface area contributed by atoms with E-state index in [0.717, 1.165) is 35.7 Å². The van der Waals surface area contributed by atoms with E-state index in [9.17, 15) is 0 Å². The minimum Gasteiger partial charge on any atom is -0.317 e. The minimum atomic E-state index is 0.731. The van der Waals surface area contributed by atoms with Crippen LogP contribution in [0.2, 0.25) is 4.34 Å². The van der Waals surface area contributed by atoms with E-state index in [1.807, 2.05) is 6.07 Å². The van der Waals surface area contributed by atoms with Crippen molar-refractivity contribution in [2.24, 2.45) is 11.8 Å².